The molecule has 1 atom stereocenters. The molecule has 0 bridgehead atoms. The van der Waals surface area contributed by atoms with E-state index in [4.69, 9.17) is 11.6 Å². The number of aromatic amines is 1. The van der Waals surface area contributed by atoms with E-state index in [2.05, 4.69) is 20.5 Å². The number of hydrogen-bond donors (Lipinski definition) is 1. The highest BCUT2D eigenvalue weighted by Crippen LogP contribution is 2.37. The van der Waals surface area contributed by atoms with Gasteiger partial charge in [-0.05, 0) is 11.6 Å². The lowest BCUT2D eigenvalue weighted by atomic mass is 10.0. The standard InChI is InChI=1S/C18H15ClF2N6O/c1-26-16(13(19)8-22-26)7-15-11-4-2-3-5-12(11)18(28)27(15)9-10(20)6-14-17(21)24-25-23-14/h2-6,8,15H,7,9H2,1H3,(H,23,24,25)/b10-6-. The quantitative estimate of drug-likeness (QED) is 0.708. The summed E-state index contributed by atoms with van der Waals surface area (Å²) in [5, 5.41) is 13.4. The predicted octanol–water partition coefficient (Wildman–Crippen LogP) is 3.08. The molecule has 0 saturated carbocycles. The van der Waals surface area contributed by atoms with Crippen LogP contribution in [0, 0.1) is 5.95 Å². The van der Waals surface area contributed by atoms with Crippen molar-refractivity contribution in [3.8, 4) is 0 Å². The summed E-state index contributed by atoms with van der Waals surface area (Å²) in [5.74, 6) is -1.93. The second-order valence-electron chi connectivity index (χ2n) is 6.39. The van der Waals surface area contributed by atoms with Gasteiger partial charge in [0.2, 0.25) is 0 Å². The molecule has 0 aliphatic carbocycles. The van der Waals surface area contributed by atoms with Crippen molar-refractivity contribution in [2.45, 2.75) is 12.5 Å². The minimum atomic E-state index is -0.913. The number of benzene rings is 1. The minimum absolute atomic E-state index is 0.257. The Labute approximate surface area is 163 Å². The molecule has 1 aliphatic rings. The number of nitrogens with one attached hydrogen (secondary N) is 1. The van der Waals surface area contributed by atoms with Crippen molar-refractivity contribution in [3.63, 3.8) is 0 Å². The molecule has 0 saturated heterocycles. The molecule has 2 aromatic heterocycles. The fourth-order valence-electron chi connectivity index (χ4n) is 3.37. The molecule has 1 aliphatic heterocycles. The number of nitrogens with zero attached hydrogens (tertiary/aromatic N) is 5. The van der Waals surface area contributed by atoms with E-state index < -0.39 is 17.8 Å². The number of fused-ring (bicyclic) bond motifs is 1. The van der Waals surface area contributed by atoms with Crippen LogP contribution in [0.3, 0.4) is 0 Å². The van der Waals surface area contributed by atoms with Crippen LogP contribution in [0.1, 0.15) is 33.4 Å². The molecule has 1 aromatic carbocycles. The number of rotatable bonds is 5. The van der Waals surface area contributed by atoms with Gasteiger partial charge in [0, 0.05) is 25.1 Å². The molecule has 1 unspecified atom stereocenters. The highest BCUT2D eigenvalue weighted by molar-refractivity contribution is 6.31. The minimum Gasteiger partial charge on any atom is -0.324 e. The second kappa shape index (κ2) is 7.16. The van der Waals surface area contributed by atoms with Crippen LogP contribution in [-0.4, -0.2) is 42.5 Å². The van der Waals surface area contributed by atoms with Gasteiger partial charge in [-0.2, -0.15) is 19.8 Å². The van der Waals surface area contributed by atoms with Gasteiger partial charge in [-0.1, -0.05) is 29.8 Å². The molecule has 0 spiro atoms. The maximum Gasteiger partial charge on any atom is 0.260 e. The summed E-state index contributed by atoms with van der Waals surface area (Å²) in [6.45, 7) is -0.333. The number of amides is 1. The SMILES string of the molecule is Cn1ncc(Cl)c1CC1c2ccccc2C(=O)N1C/C(F)=C/c1n[nH]nc1F. The van der Waals surface area contributed by atoms with Gasteiger partial charge < -0.3 is 4.90 Å². The average Bonchev–Trinajstić information content (AvgIpc) is 3.30. The highest BCUT2D eigenvalue weighted by Gasteiger charge is 2.37. The van der Waals surface area contributed by atoms with Crippen LogP contribution in [0.4, 0.5) is 8.78 Å². The second-order valence-corrected chi connectivity index (χ2v) is 6.80. The smallest absolute Gasteiger partial charge is 0.260 e. The summed E-state index contributed by atoms with van der Waals surface area (Å²) in [6, 6.07) is 6.68. The average molecular weight is 405 g/mol. The number of aromatic nitrogens is 5. The molecule has 10 heteroatoms. The van der Waals surface area contributed by atoms with Crippen molar-refractivity contribution in [2.24, 2.45) is 7.05 Å². The fourth-order valence-corrected chi connectivity index (χ4v) is 3.62. The Balaban J connectivity index is 1.67. The zero-order valence-electron chi connectivity index (χ0n) is 14.7. The Morgan fingerprint density at radius 3 is 2.82 bits per heavy atom. The van der Waals surface area contributed by atoms with Crippen molar-refractivity contribution in [3.05, 3.63) is 69.8 Å². The molecule has 0 radical (unpaired) electrons. The van der Waals surface area contributed by atoms with E-state index in [1.54, 1.807) is 23.9 Å². The summed E-state index contributed by atoms with van der Waals surface area (Å²) in [7, 11) is 1.75. The fraction of sp³-hybridized carbons (Fsp3) is 0.222. The molecule has 1 N–H and O–H groups in total. The lowest BCUT2D eigenvalue weighted by molar-refractivity contribution is 0.0732. The van der Waals surface area contributed by atoms with Crippen molar-refractivity contribution >= 4 is 23.6 Å². The van der Waals surface area contributed by atoms with Crippen molar-refractivity contribution in [2.75, 3.05) is 6.54 Å². The van der Waals surface area contributed by atoms with Crippen molar-refractivity contribution in [1.29, 1.82) is 0 Å². The topological polar surface area (TPSA) is 79.7 Å². The molecule has 28 heavy (non-hydrogen) atoms. The van der Waals surface area contributed by atoms with Gasteiger partial charge in [0.1, 0.15) is 11.5 Å². The van der Waals surface area contributed by atoms with E-state index in [0.717, 1.165) is 17.3 Å². The number of carbonyl (C=O) groups excluding carboxylic acids is 1. The maximum absolute atomic E-state index is 14.6. The number of halogens is 3. The van der Waals surface area contributed by atoms with Gasteiger partial charge in [-0.25, -0.2) is 4.39 Å². The van der Waals surface area contributed by atoms with Crippen molar-refractivity contribution in [1.82, 2.24) is 30.1 Å². The van der Waals surface area contributed by atoms with E-state index in [-0.39, 0.29) is 18.1 Å². The third kappa shape index (κ3) is 3.18. The molecular formula is C18H15ClF2N6O. The van der Waals surface area contributed by atoms with Crippen LogP contribution in [0.25, 0.3) is 6.08 Å². The van der Waals surface area contributed by atoms with Crippen LogP contribution < -0.4 is 0 Å². The van der Waals surface area contributed by atoms with E-state index in [9.17, 15) is 13.6 Å². The summed E-state index contributed by atoms with van der Waals surface area (Å²) < 4.78 is 29.6. The van der Waals surface area contributed by atoms with E-state index in [1.165, 1.54) is 11.1 Å². The van der Waals surface area contributed by atoms with Gasteiger partial charge >= 0.3 is 0 Å². The van der Waals surface area contributed by atoms with Gasteiger partial charge in [0.15, 0.2) is 0 Å². The zero-order chi connectivity index (χ0) is 19.8. The molecule has 3 heterocycles. The first-order chi connectivity index (χ1) is 13.5. The number of hydrogen-bond acceptors (Lipinski definition) is 4. The van der Waals surface area contributed by atoms with Crippen LogP contribution in [0.2, 0.25) is 5.02 Å². The molecule has 7 nitrogen and oxygen atoms in total. The van der Waals surface area contributed by atoms with Crippen LogP contribution >= 0.6 is 11.6 Å². The van der Waals surface area contributed by atoms with E-state index in [1.807, 2.05) is 12.1 Å². The summed E-state index contributed by atoms with van der Waals surface area (Å²) >= 11 is 6.22. The van der Waals surface area contributed by atoms with Crippen LogP contribution in [-0.2, 0) is 13.5 Å². The van der Waals surface area contributed by atoms with Gasteiger partial charge in [-0.15, -0.1) is 5.10 Å². The first-order valence-corrected chi connectivity index (χ1v) is 8.82. The largest absolute Gasteiger partial charge is 0.324 e. The number of aryl methyl sites for hydroxylation is 1. The monoisotopic (exact) mass is 404 g/mol. The molecule has 3 aromatic rings. The van der Waals surface area contributed by atoms with Crippen molar-refractivity contribution < 1.29 is 13.6 Å². The Morgan fingerprint density at radius 2 is 2.14 bits per heavy atom. The van der Waals surface area contributed by atoms with Gasteiger partial charge in [0.05, 0.1) is 29.5 Å². The predicted molar refractivity (Wildman–Crippen MR) is 97.6 cm³/mol. The lowest BCUT2D eigenvalue weighted by Gasteiger charge is -2.25. The normalized spacial score (nSPS) is 16.7. The third-order valence-corrected chi connectivity index (χ3v) is 5.05. The van der Waals surface area contributed by atoms with E-state index in [0.29, 0.717) is 17.0 Å². The number of H-pyrrole nitrogens is 1. The first kappa shape index (κ1) is 18.3. The molecule has 0 fully saturated rings. The van der Waals surface area contributed by atoms with Crippen LogP contribution in [0.5, 0.6) is 0 Å². The Kier molecular flexibility index (Phi) is 4.68. The molecule has 144 valence electrons. The lowest BCUT2D eigenvalue weighted by Crippen LogP contribution is -2.31. The summed E-state index contributed by atoms with van der Waals surface area (Å²) in [6.07, 6.45) is 2.81. The maximum atomic E-state index is 14.6. The van der Waals surface area contributed by atoms with Gasteiger partial charge in [-0.3, -0.25) is 9.48 Å². The highest BCUT2D eigenvalue weighted by atomic mass is 35.5. The molecule has 4 rings (SSSR count). The summed E-state index contributed by atoms with van der Waals surface area (Å²) in [4.78, 5) is 14.3. The Hall–Kier alpha value is -3.07. The number of carbonyl (C=O) groups is 1. The van der Waals surface area contributed by atoms with Crippen LogP contribution in [0.15, 0.2) is 36.3 Å². The molecule has 1 amide bonds. The zero-order valence-corrected chi connectivity index (χ0v) is 15.5. The Bertz CT molecular complexity index is 1060. The summed E-state index contributed by atoms with van der Waals surface area (Å²) in [5.41, 5.74) is 1.76. The molecular weight excluding hydrogens is 390 g/mol. The third-order valence-electron chi connectivity index (χ3n) is 4.73. The van der Waals surface area contributed by atoms with E-state index >= 15 is 0 Å². The Morgan fingerprint density at radius 1 is 1.36 bits per heavy atom. The van der Waals surface area contributed by atoms with Gasteiger partial charge in [0.25, 0.3) is 11.9 Å². The first-order valence-electron chi connectivity index (χ1n) is 8.44.